The zero-order chi connectivity index (χ0) is 22.9. The number of nitrogens with zero attached hydrogens (tertiary/aromatic N) is 2. The van der Waals surface area contributed by atoms with Crippen molar-refractivity contribution in [3.05, 3.63) is 52.6 Å². The van der Waals surface area contributed by atoms with E-state index in [1.165, 1.54) is 0 Å². The van der Waals surface area contributed by atoms with Crippen molar-refractivity contribution < 1.29 is 9.90 Å². The molecule has 1 fully saturated rings. The van der Waals surface area contributed by atoms with E-state index in [0.717, 1.165) is 47.8 Å². The number of benzene rings is 1. The third-order valence-corrected chi connectivity index (χ3v) is 6.23. The van der Waals surface area contributed by atoms with Crippen LogP contribution in [0.25, 0.3) is 21.7 Å². The van der Waals surface area contributed by atoms with E-state index in [-0.39, 0.29) is 17.6 Å². The summed E-state index contributed by atoms with van der Waals surface area (Å²) in [6, 6.07) is 7.37. The summed E-state index contributed by atoms with van der Waals surface area (Å²) < 4.78 is 0. The number of aromatic amines is 2. The highest BCUT2D eigenvalue weighted by atomic mass is 16.4. The first-order chi connectivity index (χ1) is 16.0. The van der Waals surface area contributed by atoms with Crippen LogP contribution in [0.3, 0.4) is 0 Å². The Labute approximate surface area is 188 Å². The molecule has 0 unspecified atom stereocenters. The van der Waals surface area contributed by atoms with Crippen LogP contribution in [0, 0.1) is 6.92 Å². The highest BCUT2D eigenvalue weighted by molar-refractivity contribution is 5.99. The van der Waals surface area contributed by atoms with E-state index < -0.39 is 6.09 Å². The molecule has 170 valence electrons. The number of H-pyrrole nitrogens is 2. The van der Waals surface area contributed by atoms with Crippen molar-refractivity contribution in [3.63, 3.8) is 0 Å². The lowest BCUT2D eigenvalue weighted by Crippen LogP contribution is -2.48. The van der Waals surface area contributed by atoms with Gasteiger partial charge in [-0.25, -0.2) is 14.9 Å². The number of fused-ring (bicyclic) bond motifs is 2. The second kappa shape index (κ2) is 8.45. The molecule has 0 spiro atoms. The quantitative estimate of drug-likeness (QED) is 0.272. The Morgan fingerprint density at radius 1 is 1.21 bits per heavy atom. The smallest absolute Gasteiger partial charge is 0.404 e. The van der Waals surface area contributed by atoms with Gasteiger partial charge in [0, 0.05) is 23.0 Å². The van der Waals surface area contributed by atoms with Crippen molar-refractivity contribution in [3.8, 4) is 0 Å². The van der Waals surface area contributed by atoms with E-state index in [1.807, 2.05) is 31.3 Å². The SMILES string of the molecule is Cc1c[nH]c2c(Nc3nc(N[C@@H]4CCCC[C@@H]4NC(=O)O)cc4cn[nH]c(=O)c34)cccc12. The highest BCUT2D eigenvalue weighted by Crippen LogP contribution is 2.31. The summed E-state index contributed by atoms with van der Waals surface area (Å²) in [7, 11) is 0. The maximum Gasteiger partial charge on any atom is 0.404 e. The number of anilines is 3. The zero-order valence-electron chi connectivity index (χ0n) is 18.1. The minimum absolute atomic E-state index is 0.0999. The van der Waals surface area contributed by atoms with E-state index in [1.54, 1.807) is 12.3 Å². The maximum absolute atomic E-state index is 12.6. The summed E-state index contributed by atoms with van der Waals surface area (Å²) >= 11 is 0. The van der Waals surface area contributed by atoms with Gasteiger partial charge in [0.05, 0.1) is 28.8 Å². The van der Waals surface area contributed by atoms with Crippen LogP contribution in [-0.4, -0.2) is 43.4 Å². The van der Waals surface area contributed by atoms with Gasteiger partial charge in [-0.15, -0.1) is 0 Å². The fourth-order valence-corrected chi connectivity index (χ4v) is 4.64. The molecule has 10 heteroatoms. The fourth-order valence-electron chi connectivity index (χ4n) is 4.64. The van der Waals surface area contributed by atoms with Crippen LogP contribution in [0.2, 0.25) is 0 Å². The van der Waals surface area contributed by atoms with E-state index in [0.29, 0.717) is 22.4 Å². The van der Waals surface area contributed by atoms with Gasteiger partial charge in [-0.05, 0) is 37.5 Å². The molecule has 0 bridgehead atoms. The van der Waals surface area contributed by atoms with Crippen LogP contribution < -0.4 is 21.5 Å². The standard InChI is InChI=1S/C23H25N7O3/c1-12-10-24-20-14(12)5-4-8-17(20)27-21-19-13(11-25-30-22(19)31)9-18(29-21)26-15-6-2-3-7-16(15)28-23(32)33/h4-5,8-11,15-16,24,28H,2-3,6-7H2,1H3,(H,30,31)(H,32,33)(H2,26,27,29)/t15-,16+/m1/s1. The maximum atomic E-state index is 12.6. The van der Waals surface area contributed by atoms with Crippen molar-refractivity contribution in [2.24, 2.45) is 0 Å². The number of amides is 1. The van der Waals surface area contributed by atoms with Crippen molar-refractivity contribution in [2.45, 2.75) is 44.7 Å². The molecule has 0 radical (unpaired) electrons. The van der Waals surface area contributed by atoms with Crippen LogP contribution in [0.15, 0.2) is 41.5 Å². The zero-order valence-corrected chi connectivity index (χ0v) is 18.1. The number of hydrogen-bond donors (Lipinski definition) is 6. The summed E-state index contributed by atoms with van der Waals surface area (Å²) in [5.41, 5.74) is 2.50. The Hall–Kier alpha value is -4.08. The topological polar surface area (TPSA) is 148 Å². The number of aryl methyl sites for hydroxylation is 1. The molecule has 1 aromatic carbocycles. The number of para-hydroxylation sites is 1. The summed E-state index contributed by atoms with van der Waals surface area (Å²) in [4.78, 5) is 31.9. The minimum atomic E-state index is -1.03. The Balaban J connectivity index is 1.55. The van der Waals surface area contributed by atoms with Gasteiger partial charge in [-0.2, -0.15) is 5.10 Å². The van der Waals surface area contributed by atoms with Crippen LogP contribution in [0.4, 0.5) is 22.1 Å². The van der Waals surface area contributed by atoms with Gasteiger partial charge in [-0.1, -0.05) is 25.0 Å². The number of pyridine rings is 1. The highest BCUT2D eigenvalue weighted by Gasteiger charge is 2.27. The molecule has 2 atom stereocenters. The predicted octanol–water partition coefficient (Wildman–Crippen LogP) is 3.84. The van der Waals surface area contributed by atoms with Gasteiger partial charge in [-0.3, -0.25) is 4.79 Å². The first kappa shape index (κ1) is 20.8. The number of rotatable bonds is 5. The lowest BCUT2D eigenvalue weighted by Gasteiger charge is -2.32. The number of carbonyl (C=O) groups is 1. The van der Waals surface area contributed by atoms with Crippen molar-refractivity contribution >= 4 is 45.1 Å². The largest absolute Gasteiger partial charge is 0.465 e. The van der Waals surface area contributed by atoms with Crippen LogP contribution >= 0.6 is 0 Å². The van der Waals surface area contributed by atoms with Crippen LogP contribution in [-0.2, 0) is 0 Å². The number of aromatic nitrogens is 4. The Morgan fingerprint density at radius 2 is 2.03 bits per heavy atom. The predicted molar refractivity (Wildman–Crippen MR) is 127 cm³/mol. The second-order valence-electron chi connectivity index (χ2n) is 8.44. The van der Waals surface area contributed by atoms with Gasteiger partial charge < -0.3 is 26.0 Å². The molecule has 0 saturated heterocycles. The van der Waals surface area contributed by atoms with Crippen LogP contribution in [0.5, 0.6) is 0 Å². The van der Waals surface area contributed by atoms with Crippen LogP contribution in [0.1, 0.15) is 31.2 Å². The monoisotopic (exact) mass is 447 g/mol. The lowest BCUT2D eigenvalue weighted by molar-refractivity contribution is 0.184. The molecular weight excluding hydrogens is 422 g/mol. The Bertz CT molecular complexity index is 1390. The normalized spacial score (nSPS) is 18.3. The summed E-state index contributed by atoms with van der Waals surface area (Å²) in [5, 5.41) is 27.1. The van der Waals surface area contributed by atoms with E-state index in [9.17, 15) is 14.7 Å². The summed E-state index contributed by atoms with van der Waals surface area (Å²) in [6.45, 7) is 2.03. The average molecular weight is 447 g/mol. The molecule has 3 heterocycles. The first-order valence-electron chi connectivity index (χ1n) is 11.0. The van der Waals surface area contributed by atoms with E-state index >= 15 is 0 Å². The fraction of sp³-hybridized carbons (Fsp3) is 0.304. The molecule has 3 aromatic heterocycles. The average Bonchev–Trinajstić information content (AvgIpc) is 3.17. The summed E-state index contributed by atoms with van der Waals surface area (Å²) in [5.74, 6) is 0.952. The van der Waals surface area contributed by atoms with Gasteiger partial charge in [0.2, 0.25) is 0 Å². The Kier molecular flexibility index (Phi) is 5.33. The molecule has 1 aliphatic carbocycles. The van der Waals surface area contributed by atoms with E-state index in [4.69, 9.17) is 4.98 Å². The second-order valence-corrected chi connectivity index (χ2v) is 8.44. The third-order valence-electron chi connectivity index (χ3n) is 6.23. The van der Waals surface area contributed by atoms with E-state index in [2.05, 4.69) is 31.1 Å². The number of carboxylic acid groups (broad SMARTS) is 1. The van der Waals surface area contributed by atoms with Gasteiger partial charge in [0.15, 0.2) is 0 Å². The summed E-state index contributed by atoms with van der Waals surface area (Å²) in [6.07, 6.45) is 6.05. The molecule has 1 amide bonds. The Morgan fingerprint density at radius 3 is 2.85 bits per heavy atom. The lowest BCUT2D eigenvalue weighted by atomic mass is 9.90. The number of hydrogen-bond acceptors (Lipinski definition) is 6. The van der Waals surface area contributed by atoms with Gasteiger partial charge >= 0.3 is 6.09 Å². The van der Waals surface area contributed by atoms with Gasteiger partial charge in [0.1, 0.15) is 11.6 Å². The number of nitrogens with one attached hydrogen (secondary N) is 5. The molecule has 4 aromatic rings. The minimum Gasteiger partial charge on any atom is -0.465 e. The molecule has 0 aliphatic heterocycles. The molecular formula is C23H25N7O3. The van der Waals surface area contributed by atoms with Gasteiger partial charge in [0.25, 0.3) is 5.56 Å². The first-order valence-corrected chi connectivity index (χ1v) is 11.0. The molecule has 1 aliphatic rings. The van der Waals surface area contributed by atoms with Crippen molar-refractivity contribution in [2.75, 3.05) is 10.6 Å². The molecule has 10 nitrogen and oxygen atoms in total. The molecule has 5 rings (SSSR count). The third kappa shape index (κ3) is 4.07. The molecule has 33 heavy (non-hydrogen) atoms. The van der Waals surface area contributed by atoms with Crippen molar-refractivity contribution in [1.29, 1.82) is 0 Å². The molecule has 6 N–H and O–H groups in total. The van der Waals surface area contributed by atoms with Crippen molar-refractivity contribution in [1.82, 2.24) is 25.5 Å². The molecule has 1 saturated carbocycles.